The van der Waals surface area contributed by atoms with E-state index in [2.05, 4.69) is 9.97 Å². The van der Waals surface area contributed by atoms with Crippen LogP contribution in [-0.2, 0) is 24.1 Å². The number of hydrogen-bond acceptors (Lipinski definition) is 4. The van der Waals surface area contributed by atoms with Crippen LogP contribution in [0.4, 0.5) is 5.95 Å². The van der Waals surface area contributed by atoms with Gasteiger partial charge in [-0.3, -0.25) is 14.6 Å². The molecule has 0 spiro atoms. The van der Waals surface area contributed by atoms with Gasteiger partial charge in [-0.05, 0) is 18.4 Å². The zero-order chi connectivity index (χ0) is 17.8. The SMILES string of the molecule is CN(C)c1nc2c(c(=O)[nH]1)CCN(C(=O)CCc1ccccc1)CC2. The molecular weight excluding hydrogens is 316 g/mol. The van der Waals surface area contributed by atoms with Crippen molar-refractivity contribution in [1.82, 2.24) is 14.9 Å². The molecule has 2 heterocycles. The molecule has 0 fully saturated rings. The highest BCUT2D eigenvalue weighted by molar-refractivity contribution is 5.76. The lowest BCUT2D eigenvalue weighted by Crippen LogP contribution is -2.33. The van der Waals surface area contributed by atoms with Crippen LogP contribution in [0.3, 0.4) is 0 Å². The summed E-state index contributed by atoms with van der Waals surface area (Å²) in [7, 11) is 3.70. The lowest BCUT2D eigenvalue weighted by atomic mass is 10.1. The van der Waals surface area contributed by atoms with Crippen LogP contribution in [0.15, 0.2) is 35.1 Å². The highest BCUT2D eigenvalue weighted by Crippen LogP contribution is 2.14. The Morgan fingerprint density at radius 3 is 2.64 bits per heavy atom. The fourth-order valence-electron chi connectivity index (χ4n) is 3.11. The van der Waals surface area contributed by atoms with Crippen LogP contribution in [0.25, 0.3) is 0 Å². The number of nitrogens with one attached hydrogen (secondary N) is 1. The summed E-state index contributed by atoms with van der Waals surface area (Å²) in [6.07, 6.45) is 2.42. The van der Waals surface area contributed by atoms with E-state index in [1.165, 1.54) is 5.56 Å². The van der Waals surface area contributed by atoms with E-state index >= 15 is 0 Å². The van der Waals surface area contributed by atoms with E-state index in [4.69, 9.17) is 0 Å². The van der Waals surface area contributed by atoms with Crippen LogP contribution in [0.1, 0.15) is 23.2 Å². The Balaban J connectivity index is 1.66. The summed E-state index contributed by atoms with van der Waals surface area (Å²) in [5.74, 6) is 0.702. The molecule has 0 unspecified atom stereocenters. The summed E-state index contributed by atoms with van der Waals surface area (Å²) in [5.41, 5.74) is 2.60. The first-order valence-electron chi connectivity index (χ1n) is 8.65. The molecule has 1 aliphatic heterocycles. The smallest absolute Gasteiger partial charge is 0.255 e. The molecule has 0 bridgehead atoms. The summed E-state index contributed by atoms with van der Waals surface area (Å²) in [6, 6.07) is 10.0. The van der Waals surface area contributed by atoms with Gasteiger partial charge in [-0.1, -0.05) is 30.3 Å². The zero-order valence-corrected chi connectivity index (χ0v) is 14.8. The van der Waals surface area contributed by atoms with Gasteiger partial charge in [0.05, 0.1) is 5.69 Å². The van der Waals surface area contributed by atoms with Gasteiger partial charge >= 0.3 is 0 Å². The molecule has 1 aliphatic rings. The number of carbonyl (C=O) groups excluding carboxylic acids is 1. The molecule has 0 aliphatic carbocycles. The van der Waals surface area contributed by atoms with Crippen molar-refractivity contribution in [2.75, 3.05) is 32.1 Å². The number of aryl methyl sites for hydroxylation is 1. The summed E-state index contributed by atoms with van der Waals surface area (Å²) in [5, 5.41) is 0. The second kappa shape index (κ2) is 7.51. The molecule has 3 rings (SSSR count). The first-order valence-corrected chi connectivity index (χ1v) is 8.65. The maximum atomic E-state index is 12.5. The second-order valence-corrected chi connectivity index (χ2v) is 6.58. The van der Waals surface area contributed by atoms with Crippen LogP contribution in [0.5, 0.6) is 0 Å². The first-order chi connectivity index (χ1) is 12.0. The molecule has 1 aromatic heterocycles. The summed E-state index contributed by atoms with van der Waals surface area (Å²) in [4.78, 5) is 35.9. The number of hydrogen-bond donors (Lipinski definition) is 1. The number of rotatable bonds is 4. The normalized spacial score (nSPS) is 13.9. The van der Waals surface area contributed by atoms with E-state index in [-0.39, 0.29) is 11.5 Å². The lowest BCUT2D eigenvalue weighted by molar-refractivity contribution is -0.131. The average molecular weight is 340 g/mol. The molecule has 25 heavy (non-hydrogen) atoms. The fourth-order valence-corrected chi connectivity index (χ4v) is 3.11. The first kappa shape index (κ1) is 17.2. The van der Waals surface area contributed by atoms with Crippen molar-refractivity contribution in [2.24, 2.45) is 0 Å². The van der Waals surface area contributed by atoms with Gasteiger partial charge in [0.1, 0.15) is 0 Å². The van der Waals surface area contributed by atoms with Crippen molar-refractivity contribution in [3.05, 3.63) is 57.5 Å². The van der Waals surface area contributed by atoms with E-state index in [0.717, 1.165) is 12.1 Å². The number of benzene rings is 1. The van der Waals surface area contributed by atoms with Gasteiger partial charge in [0.15, 0.2) is 0 Å². The molecule has 1 N–H and O–H groups in total. The Hall–Kier alpha value is -2.63. The topological polar surface area (TPSA) is 69.3 Å². The largest absolute Gasteiger partial charge is 0.348 e. The van der Waals surface area contributed by atoms with Crippen molar-refractivity contribution in [1.29, 1.82) is 0 Å². The minimum atomic E-state index is -0.0905. The van der Waals surface area contributed by atoms with Crippen molar-refractivity contribution in [3.8, 4) is 0 Å². The molecule has 1 amide bonds. The molecule has 132 valence electrons. The van der Waals surface area contributed by atoms with Crippen LogP contribution in [0.2, 0.25) is 0 Å². The molecule has 6 nitrogen and oxygen atoms in total. The van der Waals surface area contributed by atoms with Gasteiger partial charge < -0.3 is 9.80 Å². The monoisotopic (exact) mass is 340 g/mol. The molecule has 0 radical (unpaired) electrons. The molecule has 0 saturated carbocycles. The van der Waals surface area contributed by atoms with Crippen molar-refractivity contribution in [2.45, 2.75) is 25.7 Å². The van der Waals surface area contributed by atoms with Crippen LogP contribution in [-0.4, -0.2) is 48.0 Å². The third-order valence-electron chi connectivity index (χ3n) is 4.59. The average Bonchev–Trinajstić information content (AvgIpc) is 2.83. The number of aromatic nitrogens is 2. The minimum Gasteiger partial charge on any atom is -0.348 e. The lowest BCUT2D eigenvalue weighted by Gasteiger charge is -2.20. The number of anilines is 1. The third kappa shape index (κ3) is 4.07. The van der Waals surface area contributed by atoms with Crippen LogP contribution in [0, 0.1) is 0 Å². The second-order valence-electron chi connectivity index (χ2n) is 6.58. The van der Waals surface area contributed by atoms with Gasteiger partial charge in [0, 0.05) is 45.6 Å². The fraction of sp³-hybridized carbons (Fsp3) is 0.421. The Morgan fingerprint density at radius 2 is 1.92 bits per heavy atom. The van der Waals surface area contributed by atoms with Gasteiger partial charge in [-0.2, -0.15) is 0 Å². The van der Waals surface area contributed by atoms with Gasteiger partial charge in [-0.15, -0.1) is 0 Å². The number of amides is 1. The predicted octanol–water partition coefficient (Wildman–Crippen LogP) is 1.40. The molecule has 6 heteroatoms. The van der Waals surface area contributed by atoms with E-state index in [1.807, 2.05) is 49.3 Å². The summed E-state index contributed by atoms with van der Waals surface area (Å²) < 4.78 is 0. The standard InChI is InChI=1S/C19H24N4O2/c1-22(2)19-20-16-11-13-23(12-10-15(16)18(25)21-19)17(24)9-8-14-6-4-3-5-7-14/h3-7H,8-13H2,1-2H3,(H,20,21,25). The Kier molecular flexibility index (Phi) is 5.16. The molecule has 0 saturated heterocycles. The number of nitrogens with zero attached hydrogens (tertiary/aromatic N) is 3. The van der Waals surface area contributed by atoms with Crippen molar-refractivity contribution in [3.63, 3.8) is 0 Å². The number of aromatic amines is 1. The van der Waals surface area contributed by atoms with Crippen LogP contribution < -0.4 is 10.5 Å². The maximum Gasteiger partial charge on any atom is 0.255 e. The Labute approximate surface area is 147 Å². The Bertz CT molecular complexity index is 799. The Morgan fingerprint density at radius 1 is 1.20 bits per heavy atom. The highest BCUT2D eigenvalue weighted by Gasteiger charge is 2.21. The quantitative estimate of drug-likeness (QED) is 0.913. The summed E-state index contributed by atoms with van der Waals surface area (Å²) >= 11 is 0. The number of carbonyl (C=O) groups is 1. The van der Waals surface area contributed by atoms with Crippen LogP contribution >= 0.6 is 0 Å². The third-order valence-corrected chi connectivity index (χ3v) is 4.59. The zero-order valence-electron chi connectivity index (χ0n) is 14.8. The van der Waals surface area contributed by atoms with E-state index in [9.17, 15) is 9.59 Å². The molecule has 0 atom stereocenters. The van der Waals surface area contributed by atoms with Gasteiger partial charge in [-0.25, -0.2) is 4.98 Å². The van der Waals surface area contributed by atoms with E-state index in [0.29, 0.717) is 43.9 Å². The minimum absolute atomic E-state index is 0.0905. The van der Waals surface area contributed by atoms with E-state index < -0.39 is 0 Å². The maximum absolute atomic E-state index is 12.5. The highest BCUT2D eigenvalue weighted by atomic mass is 16.2. The number of fused-ring (bicyclic) bond motifs is 1. The van der Waals surface area contributed by atoms with Crippen molar-refractivity contribution >= 4 is 11.9 Å². The molecule has 2 aromatic rings. The summed E-state index contributed by atoms with van der Waals surface area (Å²) in [6.45, 7) is 1.19. The predicted molar refractivity (Wildman–Crippen MR) is 97.9 cm³/mol. The van der Waals surface area contributed by atoms with E-state index in [1.54, 1.807) is 4.90 Å². The number of H-pyrrole nitrogens is 1. The van der Waals surface area contributed by atoms with Gasteiger partial charge in [0.2, 0.25) is 11.9 Å². The molecular formula is C19H24N4O2. The van der Waals surface area contributed by atoms with Gasteiger partial charge in [0.25, 0.3) is 5.56 Å². The van der Waals surface area contributed by atoms with Crippen molar-refractivity contribution < 1.29 is 4.79 Å². The molecule has 1 aromatic carbocycles.